The monoisotopic (exact) mass is 213 g/mol. The van der Waals surface area contributed by atoms with E-state index in [1.807, 2.05) is 18.7 Å². The molecule has 1 aliphatic rings. The van der Waals surface area contributed by atoms with Crippen LogP contribution in [0.2, 0.25) is 0 Å². The van der Waals surface area contributed by atoms with Gasteiger partial charge in [-0.05, 0) is 12.3 Å². The van der Waals surface area contributed by atoms with Gasteiger partial charge in [0.05, 0.1) is 6.04 Å². The first-order chi connectivity index (χ1) is 7.06. The molecule has 86 valence electrons. The molecule has 1 saturated heterocycles. The van der Waals surface area contributed by atoms with Gasteiger partial charge in [0, 0.05) is 12.5 Å². The molecule has 0 aromatic heterocycles. The first-order valence-corrected chi connectivity index (χ1v) is 5.42. The Hall–Kier alpha value is -1.06. The second-order valence-corrected chi connectivity index (χ2v) is 4.57. The summed E-state index contributed by atoms with van der Waals surface area (Å²) in [6.45, 7) is 7.45. The molecule has 0 radical (unpaired) electrons. The first-order valence-electron chi connectivity index (χ1n) is 5.42. The molecule has 1 heterocycles. The Morgan fingerprint density at radius 2 is 2.27 bits per heavy atom. The fraction of sp³-hybridized carbons (Fsp3) is 0.818. The molecule has 15 heavy (non-hydrogen) atoms. The van der Waals surface area contributed by atoms with E-state index >= 15 is 0 Å². The molecule has 0 N–H and O–H groups in total. The van der Waals surface area contributed by atoms with E-state index in [4.69, 9.17) is 4.74 Å². The minimum atomic E-state index is 0.00836. The number of ether oxygens (including phenoxy) is 1. The summed E-state index contributed by atoms with van der Waals surface area (Å²) < 4.78 is 4.75. The summed E-state index contributed by atoms with van der Waals surface area (Å²) in [7, 11) is 0. The van der Waals surface area contributed by atoms with Crippen LogP contribution >= 0.6 is 0 Å². The zero-order valence-corrected chi connectivity index (χ0v) is 9.60. The van der Waals surface area contributed by atoms with Crippen molar-refractivity contribution in [3.8, 4) is 0 Å². The van der Waals surface area contributed by atoms with E-state index in [1.54, 1.807) is 0 Å². The van der Waals surface area contributed by atoms with Gasteiger partial charge >= 0.3 is 0 Å². The SMILES string of the molecule is CC(C)C(=O)N1C[C@H](C)C[C@H]1COC=O. The van der Waals surface area contributed by atoms with Gasteiger partial charge in [-0.1, -0.05) is 20.8 Å². The predicted octanol–water partition coefficient (Wildman–Crippen LogP) is 1.05. The van der Waals surface area contributed by atoms with E-state index in [0.29, 0.717) is 19.0 Å². The highest BCUT2D eigenvalue weighted by Crippen LogP contribution is 2.24. The lowest BCUT2D eigenvalue weighted by Gasteiger charge is -2.25. The number of likely N-dealkylation sites (tertiary alicyclic amines) is 1. The Balaban J connectivity index is 2.59. The molecule has 0 bridgehead atoms. The summed E-state index contributed by atoms with van der Waals surface area (Å²) in [6, 6.07) is 0.0695. The van der Waals surface area contributed by atoms with Crippen molar-refractivity contribution in [1.29, 1.82) is 0 Å². The van der Waals surface area contributed by atoms with E-state index in [9.17, 15) is 9.59 Å². The third kappa shape index (κ3) is 2.94. The summed E-state index contributed by atoms with van der Waals surface area (Å²) in [5, 5.41) is 0. The summed E-state index contributed by atoms with van der Waals surface area (Å²) in [4.78, 5) is 23.8. The zero-order chi connectivity index (χ0) is 11.4. The van der Waals surface area contributed by atoms with Crippen molar-refractivity contribution < 1.29 is 14.3 Å². The molecule has 4 nitrogen and oxygen atoms in total. The maximum atomic E-state index is 11.8. The molecule has 0 aromatic rings. The van der Waals surface area contributed by atoms with Crippen molar-refractivity contribution in [2.45, 2.75) is 33.2 Å². The van der Waals surface area contributed by atoms with Crippen LogP contribution in [-0.4, -0.2) is 36.5 Å². The Morgan fingerprint density at radius 1 is 1.60 bits per heavy atom. The van der Waals surface area contributed by atoms with E-state index in [0.717, 1.165) is 13.0 Å². The molecule has 2 atom stereocenters. The van der Waals surface area contributed by atoms with Crippen molar-refractivity contribution in [3.05, 3.63) is 0 Å². The van der Waals surface area contributed by atoms with Crippen molar-refractivity contribution in [1.82, 2.24) is 4.90 Å². The number of amides is 1. The standard InChI is InChI=1S/C11H19NO3/c1-8(2)11(14)12-5-9(3)4-10(12)6-15-7-13/h7-10H,4-6H2,1-3H3/t9-,10+/m1/s1. The predicted molar refractivity (Wildman–Crippen MR) is 56.1 cm³/mol. The fourth-order valence-electron chi connectivity index (χ4n) is 2.06. The van der Waals surface area contributed by atoms with Crippen LogP contribution < -0.4 is 0 Å². The molecule has 0 aromatic carbocycles. The van der Waals surface area contributed by atoms with Crippen LogP contribution in [0, 0.1) is 11.8 Å². The lowest BCUT2D eigenvalue weighted by molar-refractivity contribution is -0.139. The maximum absolute atomic E-state index is 11.8. The summed E-state index contributed by atoms with van der Waals surface area (Å²) in [5.41, 5.74) is 0. The van der Waals surface area contributed by atoms with Gasteiger partial charge < -0.3 is 9.64 Å². The Morgan fingerprint density at radius 3 is 2.80 bits per heavy atom. The molecule has 1 amide bonds. The summed E-state index contributed by atoms with van der Waals surface area (Å²) in [5.74, 6) is 0.654. The topological polar surface area (TPSA) is 46.6 Å². The van der Waals surface area contributed by atoms with Crippen LogP contribution in [0.25, 0.3) is 0 Å². The average molecular weight is 213 g/mol. The van der Waals surface area contributed by atoms with Crippen molar-refractivity contribution in [2.24, 2.45) is 11.8 Å². The number of rotatable bonds is 4. The summed E-state index contributed by atoms with van der Waals surface area (Å²) >= 11 is 0. The van der Waals surface area contributed by atoms with Crippen molar-refractivity contribution in [3.63, 3.8) is 0 Å². The van der Waals surface area contributed by atoms with Crippen LogP contribution in [0.1, 0.15) is 27.2 Å². The smallest absolute Gasteiger partial charge is 0.293 e. The van der Waals surface area contributed by atoms with Gasteiger partial charge in [0.2, 0.25) is 5.91 Å². The number of hydrogen-bond acceptors (Lipinski definition) is 3. The van der Waals surface area contributed by atoms with Gasteiger partial charge in [-0.3, -0.25) is 9.59 Å². The molecule has 0 aliphatic carbocycles. The average Bonchev–Trinajstić information content (AvgIpc) is 2.55. The number of carbonyl (C=O) groups excluding carboxylic acids is 2. The molecule has 4 heteroatoms. The number of carbonyl (C=O) groups is 2. The summed E-state index contributed by atoms with van der Waals surface area (Å²) in [6.07, 6.45) is 0.923. The third-order valence-corrected chi connectivity index (χ3v) is 2.76. The van der Waals surface area contributed by atoms with Gasteiger partial charge in [-0.25, -0.2) is 0 Å². The molecule has 0 unspecified atom stereocenters. The highest BCUT2D eigenvalue weighted by atomic mass is 16.5. The van der Waals surface area contributed by atoms with Crippen LogP contribution in [0.4, 0.5) is 0 Å². The molecule has 1 aliphatic heterocycles. The molecule has 1 rings (SSSR count). The lowest BCUT2D eigenvalue weighted by atomic mass is 10.1. The molecule has 0 spiro atoms. The van der Waals surface area contributed by atoms with Crippen LogP contribution in [0.5, 0.6) is 0 Å². The Bertz CT molecular complexity index is 240. The third-order valence-electron chi connectivity index (χ3n) is 2.76. The highest BCUT2D eigenvalue weighted by molar-refractivity contribution is 5.78. The van der Waals surface area contributed by atoms with Gasteiger partial charge in [0.15, 0.2) is 0 Å². The van der Waals surface area contributed by atoms with Crippen molar-refractivity contribution in [2.75, 3.05) is 13.2 Å². The largest absolute Gasteiger partial charge is 0.466 e. The van der Waals surface area contributed by atoms with Gasteiger partial charge in [0.1, 0.15) is 6.61 Å². The van der Waals surface area contributed by atoms with Crippen molar-refractivity contribution >= 4 is 12.4 Å². The normalized spacial score (nSPS) is 25.7. The second-order valence-electron chi connectivity index (χ2n) is 4.57. The maximum Gasteiger partial charge on any atom is 0.293 e. The van der Waals surface area contributed by atoms with E-state index in [2.05, 4.69) is 6.92 Å². The van der Waals surface area contributed by atoms with Gasteiger partial charge in [-0.2, -0.15) is 0 Å². The minimum Gasteiger partial charge on any atom is -0.466 e. The molecular weight excluding hydrogens is 194 g/mol. The Labute approximate surface area is 90.6 Å². The number of nitrogens with zero attached hydrogens (tertiary/aromatic N) is 1. The molecular formula is C11H19NO3. The second kappa shape index (κ2) is 5.14. The zero-order valence-electron chi connectivity index (χ0n) is 9.60. The quantitative estimate of drug-likeness (QED) is 0.656. The van der Waals surface area contributed by atoms with Crippen LogP contribution in [0.15, 0.2) is 0 Å². The highest BCUT2D eigenvalue weighted by Gasteiger charge is 2.34. The fourth-order valence-corrected chi connectivity index (χ4v) is 2.06. The Kier molecular flexibility index (Phi) is 4.12. The van der Waals surface area contributed by atoms with Crippen LogP contribution in [-0.2, 0) is 14.3 Å². The van der Waals surface area contributed by atoms with Crippen LogP contribution in [0.3, 0.4) is 0 Å². The minimum absolute atomic E-state index is 0.00836. The molecule has 0 saturated carbocycles. The van der Waals surface area contributed by atoms with E-state index < -0.39 is 0 Å². The molecule has 1 fully saturated rings. The first kappa shape index (κ1) is 12.0. The number of hydrogen-bond donors (Lipinski definition) is 0. The van der Waals surface area contributed by atoms with Gasteiger partial charge in [0.25, 0.3) is 6.47 Å². The van der Waals surface area contributed by atoms with Gasteiger partial charge in [-0.15, -0.1) is 0 Å². The lowest BCUT2D eigenvalue weighted by Crippen LogP contribution is -2.40. The van der Waals surface area contributed by atoms with E-state index in [1.165, 1.54) is 0 Å². The van der Waals surface area contributed by atoms with E-state index in [-0.39, 0.29) is 17.9 Å².